The van der Waals surface area contributed by atoms with Crippen molar-refractivity contribution in [1.82, 2.24) is 4.57 Å². The maximum Gasteiger partial charge on any atom is 0.338 e. The lowest BCUT2D eigenvalue weighted by Crippen LogP contribution is -2.40. The van der Waals surface area contributed by atoms with Gasteiger partial charge in [0.1, 0.15) is 6.04 Å². The van der Waals surface area contributed by atoms with Crippen LogP contribution in [0.2, 0.25) is 5.02 Å². The Morgan fingerprint density at radius 2 is 1.92 bits per heavy atom. The molecule has 1 aromatic heterocycles. The third kappa shape index (κ3) is 4.75. The van der Waals surface area contributed by atoms with Gasteiger partial charge in [-0.1, -0.05) is 41.1 Å². The number of esters is 1. The van der Waals surface area contributed by atoms with E-state index in [4.69, 9.17) is 25.8 Å². The predicted molar refractivity (Wildman–Crippen MR) is 138 cm³/mol. The quantitative estimate of drug-likeness (QED) is 0.254. The standard InChI is InChI=1S/C25H22ClN3O7S/c1-5-36-24(31)21-13(2)27-25-28(22(21)15-8-6-7-9-16(15)26)23(30)20(37-25)11-14-10-18(34-3)19(35-4)12-17(14)29(32)33/h6-12,22H,5H2,1-4H3/b20-11+. The van der Waals surface area contributed by atoms with Gasteiger partial charge < -0.3 is 14.2 Å². The third-order valence-corrected chi connectivity index (χ3v) is 7.06. The first kappa shape index (κ1) is 26.1. The molecule has 0 saturated heterocycles. The Labute approximate surface area is 219 Å². The molecule has 0 bridgehead atoms. The molecule has 1 unspecified atom stereocenters. The van der Waals surface area contributed by atoms with Crippen molar-refractivity contribution in [2.45, 2.75) is 19.9 Å². The van der Waals surface area contributed by atoms with Gasteiger partial charge in [-0.25, -0.2) is 9.79 Å². The van der Waals surface area contributed by atoms with Crippen LogP contribution in [-0.2, 0) is 9.53 Å². The normalized spacial score (nSPS) is 15.2. The van der Waals surface area contributed by atoms with E-state index < -0.39 is 22.5 Å². The van der Waals surface area contributed by atoms with Crippen LogP contribution in [0.5, 0.6) is 11.5 Å². The van der Waals surface area contributed by atoms with Crippen molar-refractivity contribution in [3.05, 3.63) is 93.6 Å². The molecule has 37 heavy (non-hydrogen) atoms. The summed E-state index contributed by atoms with van der Waals surface area (Å²) in [6.45, 7) is 3.48. The van der Waals surface area contributed by atoms with Crippen LogP contribution < -0.4 is 24.4 Å². The summed E-state index contributed by atoms with van der Waals surface area (Å²) >= 11 is 7.54. The summed E-state index contributed by atoms with van der Waals surface area (Å²) in [5.41, 5.74) is 0.468. The van der Waals surface area contributed by atoms with Crippen LogP contribution in [0.3, 0.4) is 0 Å². The summed E-state index contributed by atoms with van der Waals surface area (Å²) in [6, 6.07) is 8.65. The van der Waals surface area contributed by atoms with Gasteiger partial charge in [0.25, 0.3) is 11.2 Å². The van der Waals surface area contributed by atoms with E-state index in [1.807, 2.05) is 0 Å². The van der Waals surface area contributed by atoms with Gasteiger partial charge in [-0.3, -0.25) is 19.5 Å². The summed E-state index contributed by atoms with van der Waals surface area (Å²) in [4.78, 5) is 42.7. The number of allylic oxidation sites excluding steroid dienone is 1. The van der Waals surface area contributed by atoms with E-state index in [1.165, 1.54) is 37.0 Å². The van der Waals surface area contributed by atoms with Gasteiger partial charge in [0, 0.05) is 5.02 Å². The number of nitrogens with zero attached hydrogens (tertiary/aromatic N) is 3. The summed E-state index contributed by atoms with van der Waals surface area (Å²) in [5.74, 6) is -0.166. The zero-order chi connectivity index (χ0) is 26.9. The number of fused-ring (bicyclic) bond motifs is 1. The van der Waals surface area contributed by atoms with Crippen molar-refractivity contribution in [2.75, 3.05) is 20.8 Å². The molecule has 0 amide bonds. The lowest BCUT2D eigenvalue weighted by Gasteiger charge is -2.25. The number of nitro benzene ring substituents is 1. The maximum absolute atomic E-state index is 13.7. The Hall–Kier alpha value is -3.96. The molecule has 1 aliphatic heterocycles. The second kappa shape index (κ2) is 10.6. The van der Waals surface area contributed by atoms with Gasteiger partial charge in [-0.05, 0) is 37.6 Å². The number of halogens is 1. The van der Waals surface area contributed by atoms with Crippen LogP contribution in [0.15, 0.2) is 57.5 Å². The first-order chi connectivity index (χ1) is 17.7. The SMILES string of the molecule is CCOC(=O)C1=C(C)N=c2s/c(=C/c3cc(OC)c(OC)cc3[N+](=O)[O-])c(=O)n2C1c1ccccc1Cl. The highest BCUT2D eigenvalue weighted by molar-refractivity contribution is 7.07. The smallest absolute Gasteiger partial charge is 0.338 e. The van der Waals surface area contributed by atoms with E-state index in [-0.39, 0.29) is 39.5 Å². The molecule has 0 saturated carbocycles. The van der Waals surface area contributed by atoms with Gasteiger partial charge in [-0.2, -0.15) is 0 Å². The minimum Gasteiger partial charge on any atom is -0.493 e. The molecule has 0 N–H and O–H groups in total. The molecular weight excluding hydrogens is 522 g/mol. The van der Waals surface area contributed by atoms with E-state index >= 15 is 0 Å². The van der Waals surface area contributed by atoms with Crippen LogP contribution in [0.1, 0.15) is 31.0 Å². The van der Waals surface area contributed by atoms with Crippen LogP contribution in [0, 0.1) is 10.1 Å². The molecule has 1 aliphatic rings. The molecule has 1 atom stereocenters. The largest absolute Gasteiger partial charge is 0.493 e. The van der Waals surface area contributed by atoms with E-state index in [2.05, 4.69) is 4.99 Å². The number of carbonyl (C=O) groups is 1. The summed E-state index contributed by atoms with van der Waals surface area (Å²) in [5, 5.41) is 12.1. The summed E-state index contributed by atoms with van der Waals surface area (Å²) in [6.07, 6.45) is 1.40. The molecule has 0 aliphatic carbocycles. The van der Waals surface area contributed by atoms with Crippen LogP contribution in [-0.4, -0.2) is 36.3 Å². The van der Waals surface area contributed by atoms with Crippen molar-refractivity contribution in [1.29, 1.82) is 0 Å². The summed E-state index contributed by atoms with van der Waals surface area (Å²) < 4.78 is 17.3. The van der Waals surface area contributed by atoms with Crippen molar-refractivity contribution in [2.24, 2.45) is 4.99 Å². The molecular formula is C25H22ClN3O7S. The maximum atomic E-state index is 13.7. The number of hydrogen-bond acceptors (Lipinski definition) is 9. The first-order valence-electron chi connectivity index (χ1n) is 11.1. The Kier molecular flexibility index (Phi) is 7.46. The first-order valence-corrected chi connectivity index (χ1v) is 12.3. The summed E-state index contributed by atoms with van der Waals surface area (Å²) in [7, 11) is 2.78. The van der Waals surface area contributed by atoms with E-state index in [1.54, 1.807) is 38.1 Å². The number of methoxy groups -OCH3 is 2. The van der Waals surface area contributed by atoms with E-state index in [0.29, 0.717) is 21.1 Å². The Morgan fingerprint density at radius 3 is 2.54 bits per heavy atom. The van der Waals surface area contributed by atoms with Gasteiger partial charge in [-0.15, -0.1) is 0 Å². The van der Waals surface area contributed by atoms with Gasteiger partial charge in [0.2, 0.25) is 0 Å². The molecule has 10 nitrogen and oxygen atoms in total. The topological polar surface area (TPSA) is 122 Å². The van der Waals surface area contributed by atoms with Crippen molar-refractivity contribution in [3.63, 3.8) is 0 Å². The number of hydrogen-bond donors (Lipinski definition) is 0. The molecule has 0 spiro atoms. The molecule has 3 aromatic rings. The molecule has 2 heterocycles. The van der Waals surface area contributed by atoms with Crippen molar-refractivity contribution >= 4 is 40.7 Å². The van der Waals surface area contributed by atoms with E-state index in [9.17, 15) is 19.7 Å². The van der Waals surface area contributed by atoms with Crippen molar-refractivity contribution in [3.8, 4) is 11.5 Å². The zero-order valence-electron chi connectivity index (χ0n) is 20.3. The van der Waals surface area contributed by atoms with Crippen LogP contribution >= 0.6 is 22.9 Å². The number of benzene rings is 2. The molecule has 0 fully saturated rings. The third-order valence-electron chi connectivity index (χ3n) is 5.73. The van der Waals surface area contributed by atoms with Crippen molar-refractivity contribution < 1.29 is 23.9 Å². The van der Waals surface area contributed by atoms with Gasteiger partial charge in [0.15, 0.2) is 16.3 Å². The fourth-order valence-electron chi connectivity index (χ4n) is 4.08. The lowest BCUT2D eigenvalue weighted by atomic mass is 9.96. The molecule has 2 aromatic carbocycles. The number of rotatable bonds is 7. The minimum atomic E-state index is -0.897. The van der Waals surface area contributed by atoms with Crippen LogP contribution in [0.25, 0.3) is 6.08 Å². The highest BCUT2D eigenvalue weighted by atomic mass is 35.5. The Morgan fingerprint density at radius 1 is 1.24 bits per heavy atom. The molecule has 4 rings (SSSR count). The average molecular weight is 544 g/mol. The Balaban J connectivity index is 2.01. The highest BCUT2D eigenvalue weighted by Gasteiger charge is 2.34. The van der Waals surface area contributed by atoms with E-state index in [0.717, 1.165) is 11.3 Å². The predicted octanol–water partition coefficient (Wildman–Crippen LogP) is 3.38. The number of ether oxygens (including phenoxy) is 3. The Bertz CT molecular complexity index is 1620. The second-order valence-corrected chi connectivity index (χ2v) is 9.26. The molecule has 0 radical (unpaired) electrons. The molecule has 192 valence electrons. The fraction of sp³-hybridized carbons (Fsp3) is 0.240. The fourth-order valence-corrected chi connectivity index (χ4v) is 5.36. The van der Waals surface area contributed by atoms with Gasteiger partial charge in [0.05, 0.1) is 53.2 Å². The molecule has 12 heteroatoms. The van der Waals surface area contributed by atoms with Gasteiger partial charge >= 0.3 is 5.97 Å². The second-order valence-electron chi connectivity index (χ2n) is 7.85. The average Bonchev–Trinajstić information content (AvgIpc) is 3.17. The minimum absolute atomic E-state index is 0.137. The number of carbonyl (C=O) groups excluding carboxylic acids is 1. The van der Waals surface area contributed by atoms with Crippen LogP contribution in [0.4, 0.5) is 5.69 Å². The number of aromatic nitrogens is 1. The lowest BCUT2D eigenvalue weighted by molar-refractivity contribution is -0.385. The number of nitro groups is 1. The monoisotopic (exact) mass is 543 g/mol. The zero-order valence-corrected chi connectivity index (χ0v) is 21.9. The number of thiazole rings is 1. The highest BCUT2D eigenvalue weighted by Crippen LogP contribution is 2.36.